The molecule has 1 fully saturated rings. The fourth-order valence-corrected chi connectivity index (χ4v) is 2.80. The number of nitrogens with zero attached hydrogens (tertiary/aromatic N) is 1. The zero-order chi connectivity index (χ0) is 18.0. The molecule has 7 nitrogen and oxygen atoms in total. The van der Waals surface area contributed by atoms with Crippen LogP contribution in [0.1, 0.15) is 18.2 Å². The summed E-state index contributed by atoms with van der Waals surface area (Å²) in [6, 6.07) is 7.09. The lowest BCUT2D eigenvalue weighted by Gasteiger charge is -2.16. The van der Waals surface area contributed by atoms with Gasteiger partial charge in [0.2, 0.25) is 5.82 Å². The van der Waals surface area contributed by atoms with E-state index < -0.39 is 35.5 Å². The highest BCUT2D eigenvalue weighted by Gasteiger charge is 2.37. The van der Waals surface area contributed by atoms with Crippen LogP contribution in [-0.2, 0) is 16.1 Å². The Labute approximate surface area is 146 Å². The van der Waals surface area contributed by atoms with Crippen molar-refractivity contribution in [1.82, 2.24) is 9.55 Å². The third-order valence-corrected chi connectivity index (χ3v) is 4.22. The second-order valence-electron chi connectivity index (χ2n) is 5.67. The lowest BCUT2D eigenvalue weighted by atomic mass is 10.1. The monoisotopic (exact) mass is 370 g/mol. The van der Waals surface area contributed by atoms with Gasteiger partial charge in [-0.05, 0) is 17.7 Å². The highest BCUT2D eigenvalue weighted by molar-refractivity contribution is 6.30. The van der Waals surface area contributed by atoms with Gasteiger partial charge in [0.1, 0.15) is 12.3 Å². The topological polar surface area (TPSA) is 93.6 Å². The minimum absolute atomic E-state index is 0.226. The second kappa shape index (κ2) is 7.49. The van der Waals surface area contributed by atoms with E-state index in [2.05, 4.69) is 0 Å². The van der Waals surface area contributed by atoms with E-state index in [-0.39, 0.29) is 19.6 Å². The number of hydrogen-bond donors (Lipinski definition) is 2. The zero-order valence-corrected chi connectivity index (χ0v) is 13.8. The quantitative estimate of drug-likeness (QED) is 0.824. The van der Waals surface area contributed by atoms with E-state index in [0.29, 0.717) is 5.02 Å². The first-order valence-corrected chi connectivity index (χ1v) is 7.99. The van der Waals surface area contributed by atoms with Crippen molar-refractivity contribution in [3.8, 4) is 0 Å². The van der Waals surface area contributed by atoms with Crippen molar-refractivity contribution in [2.24, 2.45) is 0 Å². The summed E-state index contributed by atoms with van der Waals surface area (Å²) >= 11 is 5.83. The molecule has 2 aromatic rings. The van der Waals surface area contributed by atoms with Crippen molar-refractivity contribution >= 4 is 11.6 Å². The predicted octanol–water partition coefficient (Wildman–Crippen LogP) is 1.19. The average molecular weight is 371 g/mol. The molecule has 1 aliphatic heterocycles. The molecule has 1 saturated heterocycles. The zero-order valence-electron chi connectivity index (χ0n) is 13.0. The Morgan fingerprint density at radius 1 is 1.36 bits per heavy atom. The van der Waals surface area contributed by atoms with Crippen molar-refractivity contribution in [3.05, 3.63) is 67.7 Å². The first-order chi connectivity index (χ1) is 12.0. The van der Waals surface area contributed by atoms with Crippen LogP contribution in [0, 0.1) is 5.82 Å². The highest BCUT2D eigenvalue weighted by Crippen LogP contribution is 2.30. The number of benzene rings is 1. The number of aliphatic hydroxyl groups is 1. The maximum Gasteiger partial charge on any atom is 0.330 e. The minimum Gasteiger partial charge on any atom is -0.394 e. The lowest BCUT2D eigenvalue weighted by Crippen LogP contribution is -2.34. The fourth-order valence-electron chi connectivity index (χ4n) is 2.67. The van der Waals surface area contributed by atoms with Gasteiger partial charge in [-0.1, -0.05) is 23.7 Å². The Morgan fingerprint density at radius 3 is 2.76 bits per heavy atom. The molecule has 3 atom stereocenters. The fraction of sp³-hybridized carbons (Fsp3) is 0.375. The SMILES string of the molecule is O=c1[nH]c(=O)n([C@@H]2CC(OCc3ccc(Cl)cc3)[C@H](CO)O2)cc1F. The number of rotatable bonds is 5. The van der Waals surface area contributed by atoms with E-state index >= 15 is 0 Å². The molecule has 0 bridgehead atoms. The molecule has 0 amide bonds. The maximum absolute atomic E-state index is 13.4. The second-order valence-corrected chi connectivity index (χ2v) is 6.10. The Morgan fingerprint density at radius 2 is 2.08 bits per heavy atom. The molecule has 134 valence electrons. The van der Waals surface area contributed by atoms with Gasteiger partial charge in [0.25, 0.3) is 5.56 Å². The van der Waals surface area contributed by atoms with Crippen LogP contribution in [0.4, 0.5) is 4.39 Å². The van der Waals surface area contributed by atoms with Gasteiger partial charge in [-0.2, -0.15) is 4.39 Å². The number of nitrogens with one attached hydrogen (secondary N) is 1. The molecular weight excluding hydrogens is 355 g/mol. The minimum atomic E-state index is -1.09. The summed E-state index contributed by atoms with van der Waals surface area (Å²) < 4.78 is 25.7. The number of halogens is 2. The molecule has 25 heavy (non-hydrogen) atoms. The van der Waals surface area contributed by atoms with E-state index in [1.54, 1.807) is 12.1 Å². The van der Waals surface area contributed by atoms with Gasteiger partial charge in [-0.25, -0.2) is 4.79 Å². The Kier molecular flexibility index (Phi) is 5.33. The largest absolute Gasteiger partial charge is 0.394 e. The van der Waals surface area contributed by atoms with Gasteiger partial charge in [0, 0.05) is 11.4 Å². The predicted molar refractivity (Wildman–Crippen MR) is 86.9 cm³/mol. The Bertz CT molecular complexity index is 851. The van der Waals surface area contributed by atoms with Crippen LogP contribution in [0.3, 0.4) is 0 Å². The summed E-state index contributed by atoms with van der Waals surface area (Å²) in [7, 11) is 0. The van der Waals surface area contributed by atoms with Gasteiger partial charge >= 0.3 is 5.69 Å². The van der Waals surface area contributed by atoms with E-state index in [1.165, 1.54) is 0 Å². The van der Waals surface area contributed by atoms with E-state index in [1.807, 2.05) is 17.1 Å². The summed E-state index contributed by atoms with van der Waals surface area (Å²) in [5.41, 5.74) is -0.989. The number of aliphatic hydroxyl groups excluding tert-OH is 1. The Balaban J connectivity index is 1.72. The van der Waals surface area contributed by atoms with Crippen molar-refractivity contribution in [2.75, 3.05) is 6.61 Å². The number of aromatic amines is 1. The van der Waals surface area contributed by atoms with E-state index in [0.717, 1.165) is 16.3 Å². The molecule has 0 saturated carbocycles. The third kappa shape index (κ3) is 3.98. The van der Waals surface area contributed by atoms with Crippen molar-refractivity contribution in [2.45, 2.75) is 31.5 Å². The van der Waals surface area contributed by atoms with Crippen molar-refractivity contribution < 1.29 is 19.0 Å². The molecule has 1 unspecified atom stereocenters. The standard InChI is InChI=1S/C16H16ClFN2O5/c17-10-3-1-9(2-4-10)8-24-12-5-14(25-13(12)7-21)20-6-11(18)15(22)19-16(20)23/h1-4,6,12-14,21H,5,7-8H2,(H,19,22,23)/t12?,13-,14-/m0/s1. The van der Waals surface area contributed by atoms with Crippen LogP contribution < -0.4 is 11.2 Å². The summed E-state index contributed by atoms with van der Waals surface area (Å²) in [6.45, 7) is -0.0499. The smallest absolute Gasteiger partial charge is 0.330 e. The van der Waals surface area contributed by atoms with E-state index in [9.17, 15) is 19.1 Å². The summed E-state index contributed by atoms with van der Waals surface area (Å²) in [5, 5.41) is 10.1. The molecule has 0 spiro atoms. The molecule has 3 rings (SSSR count). The van der Waals surface area contributed by atoms with Crippen molar-refractivity contribution in [1.29, 1.82) is 0 Å². The van der Waals surface area contributed by atoms with Crippen LogP contribution in [0.5, 0.6) is 0 Å². The van der Waals surface area contributed by atoms with Gasteiger partial charge in [-0.3, -0.25) is 14.3 Å². The molecule has 1 aromatic heterocycles. The van der Waals surface area contributed by atoms with Crippen LogP contribution in [0.2, 0.25) is 5.02 Å². The summed E-state index contributed by atoms with van der Waals surface area (Å²) in [6.07, 6.45) is -0.982. The summed E-state index contributed by atoms with van der Waals surface area (Å²) in [5.74, 6) is -1.09. The Hall–Kier alpha value is -2.00. The number of H-pyrrole nitrogens is 1. The van der Waals surface area contributed by atoms with Crippen LogP contribution >= 0.6 is 11.6 Å². The number of hydrogen-bond acceptors (Lipinski definition) is 5. The molecule has 1 aliphatic rings. The molecule has 0 radical (unpaired) electrons. The number of ether oxygens (including phenoxy) is 2. The summed E-state index contributed by atoms with van der Waals surface area (Å²) in [4.78, 5) is 24.8. The maximum atomic E-state index is 13.4. The van der Waals surface area contributed by atoms with Gasteiger partial charge in [0.05, 0.1) is 25.5 Å². The van der Waals surface area contributed by atoms with Gasteiger partial charge in [0.15, 0.2) is 0 Å². The molecule has 2 heterocycles. The molecule has 9 heteroatoms. The van der Waals surface area contributed by atoms with Crippen LogP contribution in [-0.4, -0.2) is 33.5 Å². The normalized spacial score (nSPS) is 23.1. The van der Waals surface area contributed by atoms with Crippen LogP contribution in [0.15, 0.2) is 40.1 Å². The van der Waals surface area contributed by atoms with E-state index in [4.69, 9.17) is 21.1 Å². The molecule has 2 N–H and O–H groups in total. The van der Waals surface area contributed by atoms with Gasteiger partial charge in [-0.15, -0.1) is 0 Å². The lowest BCUT2D eigenvalue weighted by molar-refractivity contribution is -0.0659. The molecule has 1 aromatic carbocycles. The molecule has 0 aliphatic carbocycles. The highest BCUT2D eigenvalue weighted by atomic mass is 35.5. The first kappa shape index (κ1) is 17.8. The van der Waals surface area contributed by atoms with Gasteiger partial charge < -0.3 is 14.6 Å². The van der Waals surface area contributed by atoms with Crippen LogP contribution in [0.25, 0.3) is 0 Å². The van der Waals surface area contributed by atoms with Crippen molar-refractivity contribution in [3.63, 3.8) is 0 Å². The first-order valence-electron chi connectivity index (χ1n) is 7.61. The number of aromatic nitrogens is 2. The third-order valence-electron chi connectivity index (χ3n) is 3.97. The average Bonchev–Trinajstić information content (AvgIpc) is 3.00. The molecular formula is C16H16ClFN2O5.